The van der Waals surface area contributed by atoms with Crippen LogP contribution in [-0.2, 0) is 20.8 Å². The Hall–Kier alpha value is -2.60. The topological polar surface area (TPSA) is 72.5 Å². The third kappa shape index (κ3) is 8.09. The van der Waals surface area contributed by atoms with E-state index in [9.17, 15) is 14.4 Å². The van der Waals surface area contributed by atoms with E-state index in [2.05, 4.69) is 5.32 Å². The van der Waals surface area contributed by atoms with Crippen molar-refractivity contribution in [3.8, 4) is 5.75 Å². The second kappa shape index (κ2) is 11.2. The summed E-state index contributed by atoms with van der Waals surface area (Å²) < 4.78 is 43.5. The van der Waals surface area contributed by atoms with Crippen molar-refractivity contribution in [2.24, 2.45) is 5.92 Å². The molecule has 0 aliphatic rings. The first-order valence-electron chi connectivity index (χ1n) is 10.8. The molecule has 1 N–H and O–H groups in total. The number of rotatable bonds is 10. The van der Waals surface area contributed by atoms with Gasteiger partial charge in [0.1, 0.15) is 12.4 Å². The zero-order valence-corrected chi connectivity index (χ0v) is 15.7. The van der Waals surface area contributed by atoms with Gasteiger partial charge in [-0.25, -0.2) is 0 Å². The Morgan fingerprint density at radius 1 is 1.15 bits per heavy atom. The van der Waals surface area contributed by atoms with Crippen molar-refractivity contribution in [1.82, 2.24) is 5.32 Å². The van der Waals surface area contributed by atoms with E-state index in [1.807, 2.05) is 30.3 Å². The zero-order valence-electron chi connectivity index (χ0n) is 19.8. The second-order valence-electron chi connectivity index (χ2n) is 5.69. The standard InChI is InChI=1S/C21H23NO4S/c1-16(23)27-15-18(12-17-8-4-2-5-9-17)21(25)22-13-19(24)14-26-20-10-6-3-7-11-20/h2-11,18H,12-15H2,1H3,(H,22,25)/t18-/m0/s1/i3D,6D,7D,10D,11D. The minimum atomic E-state index is -0.570. The normalized spacial score (nSPS) is 14.0. The molecule has 5 nitrogen and oxygen atoms in total. The number of thioether (sulfide) groups is 1. The Labute approximate surface area is 170 Å². The van der Waals surface area contributed by atoms with Crippen LogP contribution in [0.25, 0.3) is 0 Å². The van der Waals surface area contributed by atoms with Gasteiger partial charge in [0.2, 0.25) is 5.91 Å². The minimum Gasteiger partial charge on any atom is -0.486 e. The highest BCUT2D eigenvalue weighted by Crippen LogP contribution is 2.16. The Kier molecular flexibility index (Phi) is 5.99. The van der Waals surface area contributed by atoms with Crippen LogP contribution in [0.4, 0.5) is 0 Å². The molecular formula is C21H23NO4S. The van der Waals surface area contributed by atoms with Crippen LogP contribution in [0, 0.1) is 5.92 Å². The third-order valence-electron chi connectivity index (χ3n) is 3.50. The van der Waals surface area contributed by atoms with Crippen molar-refractivity contribution < 1.29 is 26.0 Å². The zero-order chi connectivity index (χ0) is 23.8. The van der Waals surface area contributed by atoms with Crippen molar-refractivity contribution in [2.75, 3.05) is 18.9 Å². The summed E-state index contributed by atoms with van der Waals surface area (Å²) in [5.74, 6) is -1.61. The Morgan fingerprint density at radius 2 is 1.85 bits per heavy atom. The third-order valence-corrected chi connectivity index (χ3v) is 4.47. The number of carbonyl (C=O) groups is 3. The lowest BCUT2D eigenvalue weighted by atomic mass is 10.0. The molecule has 0 aromatic heterocycles. The minimum absolute atomic E-state index is 0.112. The van der Waals surface area contributed by atoms with Gasteiger partial charge in [-0.15, -0.1) is 0 Å². The maximum absolute atomic E-state index is 12.6. The molecule has 2 aromatic carbocycles. The summed E-state index contributed by atoms with van der Waals surface area (Å²) in [7, 11) is 0. The van der Waals surface area contributed by atoms with Gasteiger partial charge < -0.3 is 10.1 Å². The van der Waals surface area contributed by atoms with E-state index in [0.29, 0.717) is 6.42 Å². The quantitative estimate of drug-likeness (QED) is 0.675. The highest BCUT2D eigenvalue weighted by molar-refractivity contribution is 8.13. The van der Waals surface area contributed by atoms with Gasteiger partial charge in [-0.3, -0.25) is 14.4 Å². The molecule has 2 aromatic rings. The molecule has 0 radical (unpaired) electrons. The molecule has 0 unspecified atom stereocenters. The van der Waals surface area contributed by atoms with E-state index in [-0.39, 0.29) is 17.4 Å². The van der Waals surface area contributed by atoms with Crippen LogP contribution in [0.15, 0.2) is 60.5 Å². The van der Waals surface area contributed by atoms with Crippen LogP contribution >= 0.6 is 11.8 Å². The number of ketones is 1. The van der Waals surface area contributed by atoms with Gasteiger partial charge >= 0.3 is 0 Å². The van der Waals surface area contributed by atoms with E-state index >= 15 is 0 Å². The van der Waals surface area contributed by atoms with Crippen molar-refractivity contribution in [2.45, 2.75) is 13.3 Å². The summed E-state index contributed by atoms with van der Waals surface area (Å²) in [5, 5.41) is 2.42. The average molecular weight is 391 g/mol. The van der Waals surface area contributed by atoms with E-state index in [1.54, 1.807) is 0 Å². The van der Waals surface area contributed by atoms with Crippen molar-refractivity contribution in [1.29, 1.82) is 0 Å². The highest BCUT2D eigenvalue weighted by Gasteiger charge is 2.20. The van der Waals surface area contributed by atoms with Gasteiger partial charge in [-0.05, 0) is 24.1 Å². The van der Waals surface area contributed by atoms with Crippen LogP contribution in [0.1, 0.15) is 19.3 Å². The van der Waals surface area contributed by atoms with E-state index in [0.717, 1.165) is 17.3 Å². The summed E-state index contributed by atoms with van der Waals surface area (Å²) in [6.07, 6.45) is 0.403. The summed E-state index contributed by atoms with van der Waals surface area (Å²) >= 11 is 1.03. The molecule has 0 aliphatic carbocycles. The lowest BCUT2D eigenvalue weighted by Gasteiger charge is -2.16. The van der Waals surface area contributed by atoms with Gasteiger partial charge in [0, 0.05) is 12.7 Å². The maximum atomic E-state index is 12.6. The van der Waals surface area contributed by atoms with Crippen LogP contribution in [0.3, 0.4) is 0 Å². The number of ether oxygens (including phenoxy) is 1. The predicted molar refractivity (Wildman–Crippen MR) is 107 cm³/mol. The van der Waals surface area contributed by atoms with E-state index in [1.165, 1.54) is 6.92 Å². The Bertz CT molecular complexity index is 974. The lowest BCUT2D eigenvalue weighted by Crippen LogP contribution is -2.38. The molecule has 27 heavy (non-hydrogen) atoms. The molecule has 0 saturated carbocycles. The molecule has 142 valence electrons. The highest BCUT2D eigenvalue weighted by atomic mass is 32.2. The fourth-order valence-corrected chi connectivity index (χ4v) is 2.89. The molecule has 0 fully saturated rings. The number of hydrogen-bond donors (Lipinski definition) is 1. The van der Waals surface area contributed by atoms with Gasteiger partial charge in [-0.2, -0.15) is 0 Å². The molecule has 1 atom stereocenters. The molecule has 0 spiro atoms. The number of amides is 1. The average Bonchev–Trinajstić information content (AvgIpc) is 2.78. The first kappa shape index (κ1) is 14.5. The summed E-state index contributed by atoms with van der Waals surface area (Å²) in [6.45, 7) is 0.495. The molecule has 0 saturated heterocycles. The molecule has 0 heterocycles. The van der Waals surface area contributed by atoms with E-state index in [4.69, 9.17) is 11.6 Å². The van der Waals surface area contributed by atoms with Gasteiger partial charge in [0.25, 0.3) is 0 Å². The van der Waals surface area contributed by atoms with Crippen molar-refractivity contribution in [3.05, 3.63) is 66.1 Å². The Morgan fingerprint density at radius 3 is 2.52 bits per heavy atom. The lowest BCUT2D eigenvalue weighted by molar-refractivity contribution is -0.128. The first-order valence-corrected chi connectivity index (χ1v) is 9.26. The SMILES string of the molecule is [2H]c1c([2H])c([2H])c(OCC(=O)CNC(=O)[C@H](CSC(C)=O)Cc2ccccc2)c([2H])c1[2H]. The first-order chi connectivity index (χ1) is 15.1. The smallest absolute Gasteiger partial charge is 0.224 e. The molecule has 2 rings (SSSR count). The Balaban J connectivity index is 1.96. The van der Waals surface area contributed by atoms with Crippen molar-refractivity contribution in [3.63, 3.8) is 0 Å². The number of hydrogen-bond acceptors (Lipinski definition) is 5. The molecule has 0 aliphatic heterocycles. The van der Waals surface area contributed by atoms with Crippen LogP contribution < -0.4 is 10.1 Å². The van der Waals surface area contributed by atoms with Gasteiger partial charge in [0.15, 0.2) is 10.9 Å². The largest absolute Gasteiger partial charge is 0.486 e. The predicted octanol–water partition coefficient (Wildman–Crippen LogP) is 2.89. The fraction of sp³-hybridized carbons (Fsp3) is 0.286. The monoisotopic (exact) mass is 390 g/mol. The van der Waals surface area contributed by atoms with Crippen molar-refractivity contribution >= 4 is 28.6 Å². The van der Waals surface area contributed by atoms with Gasteiger partial charge in [-0.1, -0.05) is 60.2 Å². The van der Waals surface area contributed by atoms with E-state index < -0.39 is 60.2 Å². The fourth-order valence-electron chi connectivity index (χ4n) is 2.19. The maximum Gasteiger partial charge on any atom is 0.224 e. The second-order valence-corrected chi connectivity index (χ2v) is 6.89. The number of benzene rings is 2. The molecule has 1 amide bonds. The number of Topliss-reactive ketones (excluding diaryl/α,β-unsaturated/α-hetero) is 1. The number of para-hydroxylation sites is 1. The van der Waals surface area contributed by atoms with Gasteiger partial charge in [0.05, 0.1) is 19.3 Å². The number of carbonyl (C=O) groups excluding carboxylic acids is 3. The summed E-state index contributed by atoms with van der Waals surface area (Å²) in [5.41, 5.74) is 0.924. The molecule has 6 heteroatoms. The molecule has 0 bridgehead atoms. The van der Waals surface area contributed by atoms with Crippen LogP contribution in [0.2, 0.25) is 0 Å². The van der Waals surface area contributed by atoms with Crippen LogP contribution in [-0.4, -0.2) is 35.7 Å². The number of nitrogens with one attached hydrogen (secondary N) is 1. The van der Waals surface area contributed by atoms with Crippen LogP contribution in [0.5, 0.6) is 5.75 Å². The summed E-state index contributed by atoms with van der Waals surface area (Å²) in [4.78, 5) is 36.1. The molecular weight excluding hydrogens is 362 g/mol. The summed E-state index contributed by atoms with van der Waals surface area (Å²) in [6, 6.07) is 6.53.